The van der Waals surface area contributed by atoms with Gasteiger partial charge in [-0.25, -0.2) is 0 Å². The molecule has 1 aliphatic carbocycles. The van der Waals surface area contributed by atoms with Crippen molar-refractivity contribution in [3.8, 4) is 0 Å². The van der Waals surface area contributed by atoms with Crippen molar-refractivity contribution in [3.05, 3.63) is 65.2 Å². The molecule has 0 radical (unpaired) electrons. The van der Waals surface area contributed by atoms with Crippen molar-refractivity contribution in [2.75, 3.05) is 4.90 Å². The molecule has 0 unspecified atom stereocenters. The van der Waals surface area contributed by atoms with Crippen LogP contribution in [0.3, 0.4) is 0 Å². The number of benzene rings is 2. The van der Waals surface area contributed by atoms with Gasteiger partial charge in [-0.1, -0.05) is 37.3 Å². The van der Waals surface area contributed by atoms with Crippen molar-refractivity contribution in [3.63, 3.8) is 0 Å². The zero-order valence-corrected chi connectivity index (χ0v) is 15.2. The largest absolute Gasteiger partial charge is 0.393 e. The van der Waals surface area contributed by atoms with Gasteiger partial charge in [-0.3, -0.25) is 4.79 Å². The van der Waals surface area contributed by atoms with Crippen LogP contribution in [0, 0.1) is 5.92 Å². The molecule has 4 heteroatoms. The molecule has 4 rings (SSSR count). The van der Waals surface area contributed by atoms with Crippen LogP contribution in [-0.2, 0) is 13.1 Å². The van der Waals surface area contributed by atoms with Crippen molar-refractivity contribution >= 4 is 11.6 Å². The summed E-state index contributed by atoms with van der Waals surface area (Å²) in [6.07, 6.45) is 2.30. The number of amides is 1. The average Bonchev–Trinajstić information content (AvgIpc) is 3.08. The van der Waals surface area contributed by atoms with Crippen molar-refractivity contribution in [2.24, 2.45) is 5.92 Å². The Labute approximate surface area is 154 Å². The summed E-state index contributed by atoms with van der Waals surface area (Å²) in [4.78, 5) is 15.0. The van der Waals surface area contributed by atoms with Gasteiger partial charge in [-0.05, 0) is 54.5 Å². The smallest absolute Gasteiger partial charge is 0.251 e. The van der Waals surface area contributed by atoms with E-state index < -0.39 is 0 Å². The van der Waals surface area contributed by atoms with Crippen LogP contribution in [0.1, 0.15) is 47.7 Å². The van der Waals surface area contributed by atoms with E-state index in [9.17, 15) is 9.90 Å². The molecule has 1 amide bonds. The molecule has 136 valence electrons. The normalized spacial score (nSPS) is 22.5. The molecule has 2 N–H and O–H groups in total. The van der Waals surface area contributed by atoms with E-state index in [1.165, 1.54) is 11.1 Å². The van der Waals surface area contributed by atoms with Crippen molar-refractivity contribution in [1.82, 2.24) is 5.32 Å². The second-order valence-corrected chi connectivity index (χ2v) is 7.55. The monoisotopic (exact) mass is 350 g/mol. The number of hydrogen-bond donors (Lipinski definition) is 2. The molecule has 0 aromatic heterocycles. The highest BCUT2D eigenvalue weighted by Crippen LogP contribution is 2.32. The van der Waals surface area contributed by atoms with Gasteiger partial charge >= 0.3 is 0 Å². The summed E-state index contributed by atoms with van der Waals surface area (Å²) < 4.78 is 0. The van der Waals surface area contributed by atoms with Gasteiger partial charge < -0.3 is 15.3 Å². The van der Waals surface area contributed by atoms with E-state index in [-0.39, 0.29) is 18.1 Å². The quantitative estimate of drug-likeness (QED) is 0.868. The molecule has 1 fully saturated rings. The van der Waals surface area contributed by atoms with Crippen LogP contribution >= 0.6 is 0 Å². The fourth-order valence-electron chi connectivity index (χ4n) is 4.12. The Bertz CT molecular complexity index is 773. The predicted molar refractivity (Wildman–Crippen MR) is 103 cm³/mol. The molecule has 0 saturated heterocycles. The van der Waals surface area contributed by atoms with Gasteiger partial charge in [0.2, 0.25) is 0 Å². The third kappa shape index (κ3) is 3.34. The second-order valence-electron chi connectivity index (χ2n) is 7.55. The number of fused-ring (bicyclic) bond motifs is 1. The zero-order valence-electron chi connectivity index (χ0n) is 15.2. The van der Waals surface area contributed by atoms with Gasteiger partial charge in [-0.15, -0.1) is 0 Å². The Morgan fingerprint density at radius 1 is 1.15 bits per heavy atom. The molecule has 1 atom stereocenters. The van der Waals surface area contributed by atoms with Gasteiger partial charge in [-0.2, -0.15) is 0 Å². The van der Waals surface area contributed by atoms with Crippen molar-refractivity contribution in [1.29, 1.82) is 0 Å². The van der Waals surface area contributed by atoms with E-state index in [0.29, 0.717) is 11.5 Å². The SMILES string of the molecule is CC[C@@H](NC(=O)c1cccc(N2Cc3ccccc3C2)c1)C1CC(O)C1. The van der Waals surface area contributed by atoms with Crippen LogP contribution in [0.2, 0.25) is 0 Å². The van der Waals surface area contributed by atoms with E-state index >= 15 is 0 Å². The minimum absolute atomic E-state index is 0.0169. The molecule has 26 heavy (non-hydrogen) atoms. The Morgan fingerprint density at radius 2 is 1.85 bits per heavy atom. The lowest BCUT2D eigenvalue weighted by molar-refractivity contribution is 0.0232. The highest BCUT2D eigenvalue weighted by Gasteiger charge is 2.34. The average molecular weight is 350 g/mol. The Balaban J connectivity index is 1.45. The van der Waals surface area contributed by atoms with E-state index in [4.69, 9.17) is 0 Å². The van der Waals surface area contributed by atoms with Crippen LogP contribution < -0.4 is 10.2 Å². The number of carbonyl (C=O) groups excluding carboxylic acids is 1. The fourth-order valence-corrected chi connectivity index (χ4v) is 4.12. The first-order valence-corrected chi connectivity index (χ1v) is 9.54. The van der Waals surface area contributed by atoms with Crippen LogP contribution in [0.4, 0.5) is 5.69 Å². The summed E-state index contributed by atoms with van der Waals surface area (Å²) in [6, 6.07) is 16.5. The maximum Gasteiger partial charge on any atom is 0.251 e. The zero-order chi connectivity index (χ0) is 18.1. The summed E-state index contributed by atoms with van der Waals surface area (Å²) in [6.45, 7) is 3.87. The van der Waals surface area contributed by atoms with Crippen molar-refractivity contribution in [2.45, 2.75) is 51.4 Å². The lowest BCUT2D eigenvalue weighted by atomic mass is 9.76. The summed E-state index contributed by atoms with van der Waals surface area (Å²) >= 11 is 0. The maximum absolute atomic E-state index is 12.7. The number of rotatable bonds is 5. The molecule has 1 heterocycles. The third-order valence-corrected chi connectivity index (χ3v) is 5.79. The number of nitrogens with one attached hydrogen (secondary N) is 1. The Kier molecular flexibility index (Phi) is 4.68. The maximum atomic E-state index is 12.7. The molecule has 0 bridgehead atoms. The fraction of sp³-hybridized carbons (Fsp3) is 0.409. The summed E-state index contributed by atoms with van der Waals surface area (Å²) in [5.74, 6) is 0.381. The van der Waals surface area contributed by atoms with Crippen LogP contribution in [0.15, 0.2) is 48.5 Å². The molecule has 0 spiro atoms. The van der Waals surface area contributed by atoms with Gasteiger partial charge in [0.25, 0.3) is 5.91 Å². The summed E-state index contributed by atoms with van der Waals surface area (Å²) in [7, 11) is 0. The van der Waals surface area contributed by atoms with Gasteiger partial charge in [0.15, 0.2) is 0 Å². The predicted octanol–water partition coefficient (Wildman–Crippen LogP) is 3.49. The standard InChI is InChI=1S/C22H26N2O2/c1-2-21(18-11-20(25)12-18)23-22(26)15-8-5-9-19(10-15)24-13-16-6-3-4-7-17(16)14-24/h3-10,18,20-21,25H,2,11-14H2,1H3,(H,23,26)/t18?,20?,21-/m1/s1. The van der Waals surface area contributed by atoms with E-state index in [2.05, 4.69) is 47.5 Å². The van der Waals surface area contributed by atoms with Crippen LogP contribution in [-0.4, -0.2) is 23.2 Å². The first kappa shape index (κ1) is 17.1. The van der Waals surface area contributed by atoms with Crippen LogP contribution in [0.25, 0.3) is 0 Å². The number of nitrogens with zero attached hydrogens (tertiary/aromatic N) is 1. The second kappa shape index (κ2) is 7.12. The minimum atomic E-state index is -0.189. The van der Waals surface area contributed by atoms with E-state index in [1.807, 2.05) is 18.2 Å². The highest BCUT2D eigenvalue weighted by atomic mass is 16.3. The van der Waals surface area contributed by atoms with E-state index in [0.717, 1.165) is 38.0 Å². The lowest BCUT2D eigenvalue weighted by Gasteiger charge is -2.37. The minimum Gasteiger partial charge on any atom is -0.393 e. The number of hydrogen-bond acceptors (Lipinski definition) is 3. The van der Waals surface area contributed by atoms with Gasteiger partial charge in [0.05, 0.1) is 6.10 Å². The number of aliphatic hydroxyl groups excluding tert-OH is 1. The number of anilines is 1. The van der Waals surface area contributed by atoms with E-state index in [1.54, 1.807) is 0 Å². The number of carbonyl (C=O) groups is 1. The molecule has 1 aliphatic heterocycles. The Hall–Kier alpha value is -2.33. The molecular formula is C22H26N2O2. The molecule has 2 aliphatic rings. The third-order valence-electron chi connectivity index (χ3n) is 5.79. The molecule has 2 aromatic carbocycles. The molecular weight excluding hydrogens is 324 g/mol. The molecule has 4 nitrogen and oxygen atoms in total. The highest BCUT2D eigenvalue weighted by molar-refractivity contribution is 5.95. The molecule has 2 aromatic rings. The molecule has 1 saturated carbocycles. The first-order valence-electron chi connectivity index (χ1n) is 9.54. The lowest BCUT2D eigenvalue weighted by Crippen LogP contribution is -2.46. The van der Waals surface area contributed by atoms with Crippen LogP contribution in [0.5, 0.6) is 0 Å². The summed E-state index contributed by atoms with van der Waals surface area (Å²) in [5.41, 5.74) is 4.51. The van der Waals surface area contributed by atoms with Gasteiger partial charge in [0, 0.05) is 30.4 Å². The van der Waals surface area contributed by atoms with Crippen molar-refractivity contribution < 1.29 is 9.90 Å². The topological polar surface area (TPSA) is 52.6 Å². The first-order chi connectivity index (χ1) is 12.6. The summed E-state index contributed by atoms with van der Waals surface area (Å²) in [5, 5.41) is 12.7. The van der Waals surface area contributed by atoms with Gasteiger partial charge in [0.1, 0.15) is 0 Å². The number of aliphatic hydroxyl groups is 1. The Morgan fingerprint density at radius 3 is 2.46 bits per heavy atom.